The van der Waals surface area contributed by atoms with Gasteiger partial charge in [0, 0.05) is 5.92 Å². The molecule has 0 saturated heterocycles. The highest BCUT2D eigenvalue weighted by atomic mass is 16.5. The second-order valence-corrected chi connectivity index (χ2v) is 5.89. The van der Waals surface area contributed by atoms with Crippen LogP contribution in [0.4, 0.5) is 0 Å². The lowest BCUT2D eigenvalue weighted by Crippen LogP contribution is -2.18. The molecule has 0 N–H and O–H groups in total. The summed E-state index contributed by atoms with van der Waals surface area (Å²) in [6.07, 6.45) is 9.32. The first-order valence-corrected chi connectivity index (χ1v) is 8.09. The van der Waals surface area contributed by atoms with E-state index >= 15 is 0 Å². The maximum Gasteiger partial charge on any atom is 0.338 e. The third-order valence-corrected chi connectivity index (χ3v) is 4.13. The van der Waals surface area contributed by atoms with Gasteiger partial charge in [-0.25, -0.2) is 4.79 Å². The van der Waals surface area contributed by atoms with Gasteiger partial charge >= 0.3 is 5.97 Å². The SMILES string of the molecule is COC(=O)C(=C(C)OC)C1C=CC=CC1=COc1cc(C)ccc1C. The van der Waals surface area contributed by atoms with Crippen LogP contribution in [0.3, 0.4) is 0 Å². The van der Waals surface area contributed by atoms with E-state index < -0.39 is 5.97 Å². The van der Waals surface area contributed by atoms with Gasteiger partial charge in [-0.2, -0.15) is 0 Å². The first kappa shape index (κ1) is 18.6. The number of carbonyl (C=O) groups excluding carboxylic acids is 1. The summed E-state index contributed by atoms with van der Waals surface area (Å²) in [6.45, 7) is 5.77. The summed E-state index contributed by atoms with van der Waals surface area (Å²) in [4.78, 5) is 12.2. The molecule has 4 nitrogen and oxygen atoms in total. The molecule has 0 heterocycles. The second-order valence-electron chi connectivity index (χ2n) is 5.89. The molecule has 0 aromatic heterocycles. The summed E-state index contributed by atoms with van der Waals surface area (Å²) in [5, 5.41) is 0. The van der Waals surface area contributed by atoms with Crippen molar-refractivity contribution in [3.8, 4) is 5.75 Å². The molecule has 2 rings (SSSR count). The number of rotatable bonds is 5. The van der Waals surface area contributed by atoms with Gasteiger partial charge in [0.2, 0.25) is 0 Å². The topological polar surface area (TPSA) is 44.8 Å². The standard InChI is InChI=1S/C21H24O4/c1-14-10-11-15(2)19(12-14)25-13-17-8-6-7-9-18(17)20(16(3)23-4)21(22)24-5/h6-13,18H,1-5H3. The normalized spacial score (nSPS) is 18.8. The van der Waals surface area contributed by atoms with Crippen molar-refractivity contribution < 1.29 is 19.0 Å². The fraction of sp³-hybridized carbons (Fsp3) is 0.286. The third kappa shape index (κ3) is 4.41. The van der Waals surface area contributed by atoms with Gasteiger partial charge in [-0.3, -0.25) is 0 Å². The Morgan fingerprint density at radius 3 is 2.56 bits per heavy atom. The lowest BCUT2D eigenvalue weighted by molar-refractivity contribution is -0.136. The summed E-state index contributed by atoms with van der Waals surface area (Å²) in [5.74, 6) is 0.611. The molecule has 0 amide bonds. The predicted molar refractivity (Wildman–Crippen MR) is 98.1 cm³/mol. The highest BCUT2D eigenvalue weighted by molar-refractivity contribution is 5.91. The molecule has 25 heavy (non-hydrogen) atoms. The highest BCUT2D eigenvalue weighted by Crippen LogP contribution is 2.30. The lowest BCUT2D eigenvalue weighted by Gasteiger charge is -2.21. The highest BCUT2D eigenvalue weighted by Gasteiger charge is 2.27. The molecule has 0 radical (unpaired) electrons. The first-order valence-electron chi connectivity index (χ1n) is 8.09. The molecule has 4 heteroatoms. The molecule has 1 atom stereocenters. The van der Waals surface area contributed by atoms with Crippen molar-refractivity contribution in [1.29, 1.82) is 0 Å². The molecule has 1 aromatic rings. The largest absolute Gasteiger partial charge is 0.501 e. The van der Waals surface area contributed by atoms with Gasteiger partial charge in [-0.15, -0.1) is 0 Å². The van der Waals surface area contributed by atoms with Crippen LogP contribution in [-0.2, 0) is 14.3 Å². The minimum atomic E-state index is -0.415. The number of carbonyl (C=O) groups is 1. The minimum absolute atomic E-state index is 0.289. The molecule has 0 aliphatic heterocycles. The van der Waals surface area contributed by atoms with E-state index in [0.29, 0.717) is 11.3 Å². The molecule has 0 saturated carbocycles. The number of benzene rings is 1. The van der Waals surface area contributed by atoms with Crippen LogP contribution in [0.5, 0.6) is 5.75 Å². The zero-order valence-corrected chi connectivity index (χ0v) is 15.3. The number of hydrogen-bond donors (Lipinski definition) is 0. The van der Waals surface area contributed by atoms with Crippen LogP contribution in [0.15, 0.2) is 65.7 Å². The van der Waals surface area contributed by atoms with Gasteiger partial charge in [0.1, 0.15) is 11.5 Å². The zero-order chi connectivity index (χ0) is 18.4. The molecule has 1 unspecified atom stereocenters. The molecule has 1 aliphatic carbocycles. The van der Waals surface area contributed by atoms with E-state index in [2.05, 4.69) is 0 Å². The molecule has 1 aliphatic rings. The van der Waals surface area contributed by atoms with Crippen molar-refractivity contribution in [1.82, 2.24) is 0 Å². The van der Waals surface area contributed by atoms with Gasteiger partial charge in [-0.05, 0) is 43.5 Å². The maximum absolute atomic E-state index is 12.2. The van der Waals surface area contributed by atoms with E-state index in [4.69, 9.17) is 14.2 Å². The predicted octanol–water partition coefficient (Wildman–Crippen LogP) is 4.40. The molecular weight excluding hydrogens is 316 g/mol. The van der Waals surface area contributed by atoms with Crippen molar-refractivity contribution in [2.45, 2.75) is 20.8 Å². The molecule has 1 aromatic carbocycles. The minimum Gasteiger partial charge on any atom is -0.501 e. The van der Waals surface area contributed by atoms with E-state index in [1.165, 1.54) is 14.2 Å². The van der Waals surface area contributed by atoms with Crippen molar-refractivity contribution in [3.63, 3.8) is 0 Å². The monoisotopic (exact) mass is 340 g/mol. The van der Waals surface area contributed by atoms with Crippen LogP contribution in [0.25, 0.3) is 0 Å². The molecule has 0 fully saturated rings. The summed E-state index contributed by atoms with van der Waals surface area (Å²) in [6, 6.07) is 6.05. The Morgan fingerprint density at radius 2 is 1.88 bits per heavy atom. The number of aryl methyl sites for hydroxylation is 2. The van der Waals surface area contributed by atoms with Crippen molar-refractivity contribution in [2.75, 3.05) is 14.2 Å². The Kier molecular flexibility index (Phi) is 6.23. The van der Waals surface area contributed by atoms with E-state index in [0.717, 1.165) is 22.4 Å². The van der Waals surface area contributed by atoms with Crippen LogP contribution in [0, 0.1) is 19.8 Å². The van der Waals surface area contributed by atoms with Crippen LogP contribution >= 0.6 is 0 Å². The summed E-state index contributed by atoms with van der Waals surface area (Å²) < 4.78 is 16.1. The van der Waals surface area contributed by atoms with Crippen molar-refractivity contribution in [2.24, 2.45) is 5.92 Å². The van der Waals surface area contributed by atoms with Gasteiger partial charge < -0.3 is 14.2 Å². The van der Waals surface area contributed by atoms with Crippen molar-refractivity contribution >= 4 is 5.97 Å². The Balaban J connectivity index is 2.38. The van der Waals surface area contributed by atoms with Crippen LogP contribution in [0.1, 0.15) is 18.1 Å². The van der Waals surface area contributed by atoms with Crippen LogP contribution < -0.4 is 4.74 Å². The molecule has 132 valence electrons. The smallest absolute Gasteiger partial charge is 0.338 e. The van der Waals surface area contributed by atoms with E-state index in [1.54, 1.807) is 13.2 Å². The Morgan fingerprint density at radius 1 is 1.12 bits per heavy atom. The molecule has 0 bridgehead atoms. The average molecular weight is 340 g/mol. The number of allylic oxidation sites excluding steroid dienone is 6. The number of ether oxygens (including phenoxy) is 3. The number of esters is 1. The average Bonchev–Trinajstić information content (AvgIpc) is 2.63. The van der Waals surface area contributed by atoms with Gasteiger partial charge in [-0.1, -0.05) is 36.4 Å². The van der Waals surface area contributed by atoms with Crippen LogP contribution in [-0.4, -0.2) is 20.2 Å². The second kappa shape index (κ2) is 8.38. The molecule has 0 spiro atoms. The Hall–Kier alpha value is -2.75. The summed E-state index contributed by atoms with van der Waals surface area (Å²) in [5.41, 5.74) is 3.48. The number of methoxy groups -OCH3 is 2. The molecular formula is C21H24O4. The Bertz CT molecular complexity index is 766. The van der Waals surface area contributed by atoms with E-state index in [-0.39, 0.29) is 5.92 Å². The third-order valence-electron chi connectivity index (χ3n) is 4.13. The van der Waals surface area contributed by atoms with Gasteiger partial charge in [0.15, 0.2) is 0 Å². The van der Waals surface area contributed by atoms with E-state index in [1.807, 2.05) is 56.4 Å². The summed E-state index contributed by atoms with van der Waals surface area (Å²) >= 11 is 0. The van der Waals surface area contributed by atoms with Gasteiger partial charge in [0.05, 0.1) is 26.1 Å². The van der Waals surface area contributed by atoms with Gasteiger partial charge in [0.25, 0.3) is 0 Å². The Labute approximate surface area is 149 Å². The fourth-order valence-electron chi connectivity index (χ4n) is 2.61. The zero-order valence-electron chi connectivity index (χ0n) is 15.3. The van der Waals surface area contributed by atoms with E-state index in [9.17, 15) is 4.79 Å². The maximum atomic E-state index is 12.2. The first-order chi connectivity index (χ1) is 12.0. The van der Waals surface area contributed by atoms with Crippen LogP contribution in [0.2, 0.25) is 0 Å². The lowest BCUT2D eigenvalue weighted by atomic mass is 9.87. The quantitative estimate of drug-likeness (QED) is 0.453. The van der Waals surface area contributed by atoms with Crippen molar-refractivity contribution in [3.05, 3.63) is 76.8 Å². The number of hydrogen-bond acceptors (Lipinski definition) is 4. The fourth-order valence-corrected chi connectivity index (χ4v) is 2.61. The summed E-state index contributed by atoms with van der Waals surface area (Å²) in [7, 11) is 2.90.